The Hall–Kier alpha value is -2.30. The van der Waals surface area contributed by atoms with Crippen molar-refractivity contribution in [2.24, 2.45) is 10.9 Å². The van der Waals surface area contributed by atoms with Gasteiger partial charge in [-0.2, -0.15) is 5.10 Å². The van der Waals surface area contributed by atoms with Gasteiger partial charge in [-0.15, -0.1) is 0 Å². The van der Waals surface area contributed by atoms with Gasteiger partial charge in [0.1, 0.15) is 0 Å². The Kier molecular flexibility index (Phi) is 2.82. The summed E-state index contributed by atoms with van der Waals surface area (Å²) in [7, 11) is 0. The highest BCUT2D eigenvalue weighted by Crippen LogP contribution is 2.14. The lowest BCUT2D eigenvalue weighted by atomic mass is 10.1. The molecule has 1 aromatic carbocycles. The SMILES string of the molecule is Cc1cnn(-c2ccc(/C(N)=N/O)c(C)c2)c1. The molecule has 0 amide bonds. The number of amidine groups is 1. The Morgan fingerprint density at radius 2 is 2.18 bits per heavy atom. The van der Waals surface area contributed by atoms with Crippen molar-refractivity contribution < 1.29 is 5.21 Å². The number of hydrogen-bond acceptors (Lipinski definition) is 3. The van der Waals surface area contributed by atoms with E-state index in [1.54, 1.807) is 10.9 Å². The standard InChI is InChI=1S/C12H14N4O/c1-8-6-14-16(7-8)10-3-4-11(9(2)5-10)12(13)15-17/h3-7,17H,1-2H3,(H2,13,15). The number of oxime groups is 1. The van der Waals surface area contributed by atoms with E-state index in [4.69, 9.17) is 10.9 Å². The zero-order valence-corrected chi connectivity index (χ0v) is 9.75. The minimum Gasteiger partial charge on any atom is -0.409 e. The highest BCUT2D eigenvalue weighted by Gasteiger charge is 2.06. The summed E-state index contributed by atoms with van der Waals surface area (Å²) < 4.78 is 1.79. The minimum absolute atomic E-state index is 0.116. The average Bonchev–Trinajstić information content (AvgIpc) is 2.75. The normalized spacial score (nSPS) is 11.8. The number of aromatic nitrogens is 2. The molecule has 0 saturated heterocycles. The van der Waals surface area contributed by atoms with E-state index in [9.17, 15) is 0 Å². The van der Waals surface area contributed by atoms with E-state index in [-0.39, 0.29) is 5.84 Å². The largest absolute Gasteiger partial charge is 0.409 e. The van der Waals surface area contributed by atoms with Crippen molar-refractivity contribution in [3.8, 4) is 5.69 Å². The highest BCUT2D eigenvalue weighted by atomic mass is 16.4. The van der Waals surface area contributed by atoms with Crippen LogP contribution in [-0.4, -0.2) is 20.8 Å². The van der Waals surface area contributed by atoms with Gasteiger partial charge in [0.05, 0.1) is 11.9 Å². The molecule has 0 aliphatic carbocycles. The van der Waals surface area contributed by atoms with Gasteiger partial charge in [-0.1, -0.05) is 5.16 Å². The minimum atomic E-state index is 0.116. The maximum Gasteiger partial charge on any atom is 0.170 e. The number of nitrogens with zero attached hydrogens (tertiary/aromatic N) is 3. The van der Waals surface area contributed by atoms with E-state index >= 15 is 0 Å². The van der Waals surface area contributed by atoms with Crippen LogP contribution in [0.4, 0.5) is 0 Å². The third kappa shape index (κ3) is 2.13. The molecule has 0 radical (unpaired) electrons. The number of benzene rings is 1. The zero-order valence-electron chi connectivity index (χ0n) is 9.75. The molecule has 2 aromatic rings. The second kappa shape index (κ2) is 4.29. The molecular weight excluding hydrogens is 216 g/mol. The molecule has 1 heterocycles. The van der Waals surface area contributed by atoms with Crippen molar-refractivity contribution in [1.82, 2.24) is 9.78 Å². The molecule has 0 bridgehead atoms. The third-order valence-corrected chi connectivity index (χ3v) is 2.57. The van der Waals surface area contributed by atoms with Crippen molar-refractivity contribution in [3.05, 3.63) is 47.3 Å². The summed E-state index contributed by atoms with van der Waals surface area (Å²) in [4.78, 5) is 0. The predicted molar refractivity (Wildman–Crippen MR) is 65.5 cm³/mol. The summed E-state index contributed by atoms with van der Waals surface area (Å²) in [5, 5.41) is 15.9. The second-order valence-electron chi connectivity index (χ2n) is 3.95. The summed E-state index contributed by atoms with van der Waals surface area (Å²) in [6.45, 7) is 3.90. The molecule has 1 aromatic heterocycles. The summed E-state index contributed by atoms with van der Waals surface area (Å²) in [5.74, 6) is 0.116. The van der Waals surface area contributed by atoms with Crippen LogP contribution >= 0.6 is 0 Å². The maximum absolute atomic E-state index is 8.65. The van der Waals surface area contributed by atoms with Crippen LogP contribution in [0.15, 0.2) is 35.7 Å². The highest BCUT2D eigenvalue weighted by molar-refractivity contribution is 5.98. The molecular formula is C12H14N4O. The summed E-state index contributed by atoms with van der Waals surface area (Å²) in [6.07, 6.45) is 3.74. The number of rotatable bonds is 2. The molecule has 0 atom stereocenters. The van der Waals surface area contributed by atoms with E-state index in [0.717, 1.165) is 22.4 Å². The average molecular weight is 230 g/mol. The number of nitrogens with two attached hydrogens (primary N) is 1. The molecule has 0 aliphatic heterocycles. The first-order valence-electron chi connectivity index (χ1n) is 5.22. The van der Waals surface area contributed by atoms with Gasteiger partial charge in [-0.05, 0) is 43.2 Å². The molecule has 0 unspecified atom stereocenters. The van der Waals surface area contributed by atoms with Crippen LogP contribution < -0.4 is 5.73 Å². The molecule has 3 N–H and O–H groups in total. The van der Waals surface area contributed by atoms with Crippen LogP contribution in [0, 0.1) is 13.8 Å². The van der Waals surface area contributed by atoms with Gasteiger partial charge in [0.2, 0.25) is 0 Å². The predicted octanol–water partition coefficient (Wildman–Crippen LogP) is 1.58. The van der Waals surface area contributed by atoms with Gasteiger partial charge >= 0.3 is 0 Å². The summed E-state index contributed by atoms with van der Waals surface area (Å²) in [5.41, 5.74) is 9.27. The van der Waals surface area contributed by atoms with Gasteiger partial charge in [-0.3, -0.25) is 0 Å². The first-order valence-corrected chi connectivity index (χ1v) is 5.22. The molecule has 88 valence electrons. The molecule has 2 rings (SSSR count). The van der Waals surface area contributed by atoms with Crippen molar-refractivity contribution in [3.63, 3.8) is 0 Å². The van der Waals surface area contributed by atoms with E-state index in [0.29, 0.717) is 0 Å². The van der Waals surface area contributed by atoms with Crippen LogP contribution in [-0.2, 0) is 0 Å². The maximum atomic E-state index is 8.65. The van der Waals surface area contributed by atoms with Gasteiger partial charge in [0.25, 0.3) is 0 Å². The first kappa shape index (κ1) is 11.2. The Labute approximate surface area is 99.2 Å². The monoisotopic (exact) mass is 230 g/mol. The van der Waals surface area contributed by atoms with E-state index < -0.39 is 0 Å². The summed E-state index contributed by atoms with van der Waals surface area (Å²) in [6, 6.07) is 5.64. The fraction of sp³-hybridized carbons (Fsp3) is 0.167. The molecule has 0 aliphatic rings. The van der Waals surface area contributed by atoms with E-state index in [2.05, 4.69) is 10.3 Å². The van der Waals surface area contributed by atoms with Crippen LogP contribution in [0.2, 0.25) is 0 Å². The quantitative estimate of drug-likeness (QED) is 0.356. The van der Waals surface area contributed by atoms with Crippen LogP contribution in [0.25, 0.3) is 5.69 Å². The van der Waals surface area contributed by atoms with Gasteiger partial charge in [0.15, 0.2) is 5.84 Å². The van der Waals surface area contributed by atoms with Crippen molar-refractivity contribution >= 4 is 5.84 Å². The van der Waals surface area contributed by atoms with Gasteiger partial charge < -0.3 is 10.9 Å². The fourth-order valence-corrected chi connectivity index (χ4v) is 1.69. The topological polar surface area (TPSA) is 76.4 Å². The van der Waals surface area contributed by atoms with Crippen LogP contribution in [0.1, 0.15) is 16.7 Å². The van der Waals surface area contributed by atoms with Crippen molar-refractivity contribution in [1.29, 1.82) is 0 Å². The Morgan fingerprint density at radius 1 is 1.41 bits per heavy atom. The first-order chi connectivity index (χ1) is 8.11. The van der Waals surface area contributed by atoms with Crippen LogP contribution in [0.5, 0.6) is 0 Å². The smallest absolute Gasteiger partial charge is 0.170 e. The van der Waals surface area contributed by atoms with Crippen molar-refractivity contribution in [2.75, 3.05) is 0 Å². The molecule has 0 spiro atoms. The molecule has 0 saturated carbocycles. The Bertz CT molecular complexity index is 572. The van der Waals surface area contributed by atoms with Gasteiger partial charge in [0, 0.05) is 11.8 Å². The van der Waals surface area contributed by atoms with E-state index in [1.807, 2.05) is 38.2 Å². The lowest BCUT2D eigenvalue weighted by Crippen LogP contribution is -2.14. The third-order valence-electron chi connectivity index (χ3n) is 2.57. The molecule has 5 nitrogen and oxygen atoms in total. The Morgan fingerprint density at radius 3 is 2.71 bits per heavy atom. The lowest BCUT2D eigenvalue weighted by Gasteiger charge is -2.07. The molecule has 0 fully saturated rings. The molecule has 5 heteroatoms. The van der Waals surface area contributed by atoms with Crippen LogP contribution in [0.3, 0.4) is 0 Å². The summed E-state index contributed by atoms with van der Waals surface area (Å²) >= 11 is 0. The number of aryl methyl sites for hydroxylation is 2. The number of hydrogen-bond donors (Lipinski definition) is 2. The fourth-order valence-electron chi connectivity index (χ4n) is 1.69. The van der Waals surface area contributed by atoms with Gasteiger partial charge in [-0.25, -0.2) is 4.68 Å². The second-order valence-corrected chi connectivity index (χ2v) is 3.95. The lowest BCUT2D eigenvalue weighted by molar-refractivity contribution is 0.318. The molecule has 17 heavy (non-hydrogen) atoms. The van der Waals surface area contributed by atoms with Crippen molar-refractivity contribution in [2.45, 2.75) is 13.8 Å². The Balaban J connectivity index is 2.44. The van der Waals surface area contributed by atoms with E-state index in [1.165, 1.54) is 0 Å². The zero-order chi connectivity index (χ0) is 12.4.